The highest BCUT2D eigenvalue weighted by Gasteiger charge is 2.29. The summed E-state index contributed by atoms with van der Waals surface area (Å²) in [4.78, 5) is 2.62. The molecule has 0 saturated carbocycles. The molecule has 0 aromatic heterocycles. The van der Waals surface area contributed by atoms with Crippen LogP contribution in [-0.2, 0) is 0 Å². The Balaban J connectivity index is 1.95. The highest BCUT2D eigenvalue weighted by Crippen LogP contribution is 2.29. The molecule has 1 heterocycles. The quantitative estimate of drug-likeness (QED) is 0.881. The molecule has 1 aliphatic rings. The molecule has 20 heavy (non-hydrogen) atoms. The summed E-state index contributed by atoms with van der Waals surface area (Å²) in [6.07, 6.45) is 2.52. The SMILES string of the molecule is CNC(CCN1CCC(C)(C)C1)c1cc(C)cc(C)c1. The van der Waals surface area contributed by atoms with Gasteiger partial charge in [0.05, 0.1) is 0 Å². The normalized spacial score (nSPS) is 20.2. The van der Waals surface area contributed by atoms with Crippen LogP contribution in [0.1, 0.15) is 49.4 Å². The van der Waals surface area contributed by atoms with Crippen molar-refractivity contribution in [1.29, 1.82) is 0 Å². The second-order valence-electron chi connectivity index (χ2n) is 7.24. The predicted octanol–water partition coefficient (Wildman–Crippen LogP) is 3.69. The molecule has 0 radical (unpaired) electrons. The smallest absolute Gasteiger partial charge is 0.0329 e. The van der Waals surface area contributed by atoms with Gasteiger partial charge in [0.15, 0.2) is 0 Å². The Morgan fingerprint density at radius 3 is 2.35 bits per heavy atom. The molecule has 1 fully saturated rings. The lowest BCUT2D eigenvalue weighted by molar-refractivity contribution is 0.276. The summed E-state index contributed by atoms with van der Waals surface area (Å²) in [5, 5.41) is 3.49. The van der Waals surface area contributed by atoms with Crippen molar-refractivity contribution in [3.63, 3.8) is 0 Å². The number of likely N-dealkylation sites (tertiary alicyclic amines) is 1. The molecule has 1 aliphatic heterocycles. The predicted molar refractivity (Wildman–Crippen MR) is 87.2 cm³/mol. The van der Waals surface area contributed by atoms with E-state index in [1.54, 1.807) is 0 Å². The van der Waals surface area contributed by atoms with Crippen molar-refractivity contribution < 1.29 is 0 Å². The van der Waals surface area contributed by atoms with Crippen molar-refractivity contribution >= 4 is 0 Å². The van der Waals surface area contributed by atoms with Crippen LogP contribution < -0.4 is 5.32 Å². The molecule has 2 rings (SSSR count). The zero-order valence-corrected chi connectivity index (χ0v) is 13.8. The summed E-state index contributed by atoms with van der Waals surface area (Å²) in [6, 6.07) is 7.36. The molecular weight excluding hydrogens is 244 g/mol. The standard InChI is InChI=1S/C18H30N2/c1-14-10-15(2)12-16(11-14)17(19-5)6-8-20-9-7-18(3,4)13-20/h10-12,17,19H,6-9,13H2,1-5H3. The van der Waals surface area contributed by atoms with E-state index < -0.39 is 0 Å². The first-order valence-corrected chi connectivity index (χ1v) is 7.87. The molecular formula is C18H30N2. The Labute approximate surface area is 124 Å². The van der Waals surface area contributed by atoms with Crippen LogP contribution in [0.25, 0.3) is 0 Å². The van der Waals surface area contributed by atoms with E-state index >= 15 is 0 Å². The van der Waals surface area contributed by atoms with Gasteiger partial charge in [0.25, 0.3) is 0 Å². The zero-order valence-electron chi connectivity index (χ0n) is 13.8. The maximum atomic E-state index is 3.49. The molecule has 0 aliphatic carbocycles. The molecule has 1 aromatic carbocycles. The van der Waals surface area contributed by atoms with Crippen molar-refractivity contribution in [1.82, 2.24) is 10.2 Å². The van der Waals surface area contributed by atoms with Crippen molar-refractivity contribution in [2.75, 3.05) is 26.7 Å². The summed E-state index contributed by atoms with van der Waals surface area (Å²) in [6.45, 7) is 12.8. The number of hydrogen-bond acceptors (Lipinski definition) is 2. The van der Waals surface area contributed by atoms with Gasteiger partial charge in [-0.1, -0.05) is 43.2 Å². The van der Waals surface area contributed by atoms with Crippen LogP contribution in [0.4, 0.5) is 0 Å². The van der Waals surface area contributed by atoms with Crippen molar-refractivity contribution in [2.24, 2.45) is 5.41 Å². The van der Waals surface area contributed by atoms with Crippen molar-refractivity contribution in [3.8, 4) is 0 Å². The van der Waals surface area contributed by atoms with Gasteiger partial charge in [0, 0.05) is 12.6 Å². The molecule has 112 valence electrons. The van der Waals surface area contributed by atoms with E-state index in [4.69, 9.17) is 0 Å². The van der Waals surface area contributed by atoms with Crippen LogP contribution in [0.5, 0.6) is 0 Å². The lowest BCUT2D eigenvalue weighted by Crippen LogP contribution is -2.28. The van der Waals surface area contributed by atoms with E-state index in [1.807, 2.05) is 0 Å². The summed E-state index contributed by atoms with van der Waals surface area (Å²) >= 11 is 0. The number of rotatable bonds is 5. The van der Waals surface area contributed by atoms with Crippen LogP contribution >= 0.6 is 0 Å². The van der Waals surface area contributed by atoms with Gasteiger partial charge in [0.2, 0.25) is 0 Å². The molecule has 2 heteroatoms. The third kappa shape index (κ3) is 4.07. The van der Waals surface area contributed by atoms with Gasteiger partial charge in [0.1, 0.15) is 0 Å². The third-order valence-electron chi connectivity index (χ3n) is 4.49. The van der Waals surface area contributed by atoms with Gasteiger partial charge in [-0.15, -0.1) is 0 Å². The van der Waals surface area contributed by atoms with Crippen LogP contribution in [0.15, 0.2) is 18.2 Å². The lowest BCUT2D eigenvalue weighted by Gasteiger charge is -2.23. The van der Waals surface area contributed by atoms with E-state index in [9.17, 15) is 0 Å². The molecule has 0 spiro atoms. The van der Waals surface area contributed by atoms with Gasteiger partial charge < -0.3 is 10.2 Å². The van der Waals surface area contributed by atoms with E-state index in [0.717, 1.165) is 0 Å². The third-order valence-corrected chi connectivity index (χ3v) is 4.49. The Bertz CT molecular complexity index is 430. The van der Waals surface area contributed by atoms with Crippen molar-refractivity contribution in [2.45, 2.75) is 46.6 Å². The molecule has 0 amide bonds. The van der Waals surface area contributed by atoms with Gasteiger partial charge in [-0.05, 0) is 57.8 Å². The Kier molecular flexibility index (Phi) is 4.87. The maximum absolute atomic E-state index is 3.49. The minimum absolute atomic E-state index is 0.470. The topological polar surface area (TPSA) is 15.3 Å². The average Bonchev–Trinajstić information content (AvgIpc) is 2.68. The van der Waals surface area contributed by atoms with E-state index in [0.29, 0.717) is 11.5 Å². The highest BCUT2D eigenvalue weighted by molar-refractivity contribution is 5.30. The van der Waals surface area contributed by atoms with Gasteiger partial charge in [-0.3, -0.25) is 0 Å². The van der Waals surface area contributed by atoms with E-state index in [2.05, 4.69) is 63.2 Å². The van der Waals surface area contributed by atoms with Crippen LogP contribution in [-0.4, -0.2) is 31.6 Å². The Hall–Kier alpha value is -0.860. The number of hydrogen-bond donors (Lipinski definition) is 1. The van der Waals surface area contributed by atoms with E-state index in [-0.39, 0.29) is 0 Å². The number of nitrogens with zero attached hydrogens (tertiary/aromatic N) is 1. The highest BCUT2D eigenvalue weighted by atomic mass is 15.2. The average molecular weight is 274 g/mol. The first kappa shape index (κ1) is 15.5. The minimum atomic E-state index is 0.470. The molecule has 1 N–H and O–H groups in total. The van der Waals surface area contributed by atoms with Crippen LogP contribution in [0.2, 0.25) is 0 Å². The minimum Gasteiger partial charge on any atom is -0.313 e. The van der Waals surface area contributed by atoms with Gasteiger partial charge in [-0.2, -0.15) is 0 Å². The molecule has 1 unspecified atom stereocenters. The fourth-order valence-corrected chi connectivity index (χ4v) is 3.42. The first-order chi connectivity index (χ1) is 9.39. The number of nitrogens with one attached hydrogen (secondary N) is 1. The molecule has 1 aromatic rings. The Morgan fingerprint density at radius 2 is 1.85 bits per heavy atom. The molecule has 1 saturated heterocycles. The number of aryl methyl sites for hydroxylation is 2. The summed E-state index contributed by atoms with van der Waals surface area (Å²) in [5.41, 5.74) is 4.67. The lowest BCUT2D eigenvalue weighted by atomic mass is 9.93. The fraction of sp³-hybridized carbons (Fsp3) is 0.667. The zero-order chi connectivity index (χ0) is 14.8. The maximum Gasteiger partial charge on any atom is 0.0329 e. The first-order valence-electron chi connectivity index (χ1n) is 7.87. The second kappa shape index (κ2) is 6.28. The van der Waals surface area contributed by atoms with Gasteiger partial charge >= 0.3 is 0 Å². The van der Waals surface area contributed by atoms with Crippen LogP contribution in [0.3, 0.4) is 0 Å². The summed E-state index contributed by atoms with van der Waals surface area (Å²) in [5.74, 6) is 0. The largest absolute Gasteiger partial charge is 0.313 e. The summed E-state index contributed by atoms with van der Waals surface area (Å²) < 4.78 is 0. The Morgan fingerprint density at radius 1 is 1.20 bits per heavy atom. The monoisotopic (exact) mass is 274 g/mol. The summed E-state index contributed by atoms with van der Waals surface area (Å²) in [7, 11) is 2.08. The van der Waals surface area contributed by atoms with Gasteiger partial charge in [-0.25, -0.2) is 0 Å². The molecule has 2 nitrogen and oxygen atoms in total. The second-order valence-corrected chi connectivity index (χ2v) is 7.24. The van der Waals surface area contributed by atoms with Crippen LogP contribution in [0, 0.1) is 19.3 Å². The molecule has 1 atom stereocenters. The number of benzene rings is 1. The molecule has 0 bridgehead atoms. The van der Waals surface area contributed by atoms with Crippen molar-refractivity contribution in [3.05, 3.63) is 34.9 Å². The van der Waals surface area contributed by atoms with E-state index in [1.165, 1.54) is 49.2 Å². The fourth-order valence-electron chi connectivity index (χ4n) is 3.42.